The van der Waals surface area contributed by atoms with Crippen molar-refractivity contribution in [2.75, 3.05) is 30.4 Å². The Hall–Kier alpha value is -2.36. The van der Waals surface area contributed by atoms with E-state index in [-0.39, 0.29) is 0 Å². The molecule has 110 valence electrons. The average Bonchev–Trinajstić information content (AvgIpc) is 2.48. The van der Waals surface area contributed by atoms with Gasteiger partial charge in [-0.15, -0.1) is 0 Å². The molecule has 1 aliphatic heterocycles. The standard InChI is InChI=1S/C17H20N2O2/c1-3-19(13-6-4-5-12(2)9-13)15-11-17-16(10-14(15)18)20-7-8-21-17/h4-6,9-11H,3,7-8,18H2,1-2H3. The fourth-order valence-electron chi connectivity index (χ4n) is 2.62. The third-order valence-electron chi connectivity index (χ3n) is 3.61. The first kappa shape index (κ1) is 13.6. The first-order valence-corrected chi connectivity index (χ1v) is 7.22. The average molecular weight is 284 g/mol. The van der Waals surface area contributed by atoms with E-state index in [0.29, 0.717) is 18.9 Å². The van der Waals surface area contributed by atoms with Crippen molar-refractivity contribution in [1.82, 2.24) is 0 Å². The van der Waals surface area contributed by atoms with Gasteiger partial charge in [0.2, 0.25) is 0 Å². The Balaban J connectivity index is 2.04. The molecule has 21 heavy (non-hydrogen) atoms. The maximum atomic E-state index is 6.22. The molecule has 4 nitrogen and oxygen atoms in total. The Morgan fingerprint density at radius 2 is 1.81 bits per heavy atom. The molecule has 0 amide bonds. The van der Waals surface area contributed by atoms with Crippen molar-refractivity contribution < 1.29 is 9.47 Å². The second-order valence-electron chi connectivity index (χ2n) is 5.14. The third-order valence-corrected chi connectivity index (χ3v) is 3.61. The number of ether oxygens (including phenoxy) is 2. The van der Waals surface area contributed by atoms with Crippen LogP contribution in [0.2, 0.25) is 0 Å². The maximum Gasteiger partial charge on any atom is 0.163 e. The van der Waals surface area contributed by atoms with Crippen LogP contribution >= 0.6 is 0 Å². The lowest BCUT2D eigenvalue weighted by Crippen LogP contribution is -2.20. The van der Waals surface area contributed by atoms with Crippen molar-refractivity contribution in [1.29, 1.82) is 0 Å². The molecule has 0 fully saturated rings. The van der Waals surface area contributed by atoms with Gasteiger partial charge in [-0.1, -0.05) is 12.1 Å². The van der Waals surface area contributed by atoms with Crippen molar-refractivity contribution in [3.05, 3.63) is 42.0 Å². The molecule has 0 bridgehead atoms. The van der Waals surface area contributed by atoms with Crippen LogP contribution in [0.1, 0.15) is 12.5 Å². The summed E-state index contributed by atoms with van der Waals surface area (Å²) >= 11 is 0. The highest BCUT2D eigenvalue weighted by Crippen LogP contribution is 2.40. The number of anilines is 3. The first-order valence-electron chi connectivity index (χ1n) is 7.22. The SMILES string of the molecule is CCN(c1cccc(C)c1)c1cc2c(cc1N)OCCO2. The summed E-state index contributed by atoms with van der Waals surface area (Å²) in [6.45, 7) is 6.17. The molecule has 0 unspecified atom stereocenters. The van der Waals surface area contributed by atoms with E-state index in [0.717, 1.165) is 29.4 Å². The Morgan fingerprint density at radius 3 is 2.48 bits per heavy atom. The minimum Gasteiger partial charge on any atom is -0.486 e. The molecule has 1 heterocycles. The summed E-state index contributed by atoms with van der Waals surface area (Å²) < 4.78 is 11.2. The van der Waals surface area contributed by atoms with Gasteiger partial charge >= 0.3 is 0 Å². The predicted octanol–water partition coefficient (Wildman–Crippen LogP) is 3.51. The molecular weight excluding hydrogens is 264 g/mol. The van der Waals surface area contributed by atoms with E-state index in [4.69, 9.17) is 15.2 Å². The number of aryl methyl sites for hydroxylation is 1. The lowest BCUT2D eigenvalue weighted by atomic mass is 10.1. The highest BCUT2D eigenvalue weighted by Gasteiger charge is 2.18. The van der Waals surface area contributed by atoms with Crippen LogP contribution in [0.5, 0.6) is 11.5 Å². The molecule has 0 radical (unpaired) electrons. The summed E-state index contributed by atoms with van der Waals surface area (Å²) in [6, 6.07) is 12.2. The van der Waals surface area contributed by atoms with E-state index >= 15 is 0 Å². The lowest BCUT2D eigenvalue weighted by molar-refractivity contribution is 0.172. The monoisotopic (exact) mass is 284 g/mol. The smallest absolute Gasteiger partial charge is 0.163 e. The Kier molecular flexibility index (Phi) is 3.60. The summed E-state index contributed by atoms with van der Waals surface area (Å²) in [4.78, 5) is 2.18. The van der Waals surface area contributed by atoms with Gasteiger partial charge in [0.1, 0.15) is 13.2 Å². The van der Waals surface area contributed by atoms with E-state index in [1.165, 1.54) is 5.56 Å². The number of fused-ring (bicyclic) bond motifs is 1. The van der Waals surface area contributed by atoms with Crippen molar-refractivity contribution in [2.45, 2.75) is 13.8 Å². The molecule has 0 spiro atoms. The second-order valence-corrected chi connectivity index (χ2v) is 5.14. The minimum absolute atomic E-state index is 0.571. The van der Waals surface area contributed by atoms with Gasteiger partial charge in [-0.25, -0.2) is 0 Å². The highest BCUT2D eigenvalue weighted by atomic mass is 16.6. The predicted molar refractivity (Wildman–Crippen MR) is 85.7 cm³/mol. The highest BCUT2D eigenvalue weighted by molar-refractivity contribution is 5.78. The number of hydrogen-bond donors (Lipinski definition) is 1. The number of rotatable bonds is 3. The van der Waals surface area contributed by atoms with Crippen molar-refractivity contribution >= 4 is 17.1 Å². The van der Waals surface area contributed by atoms with Crippen LogP contribution in [-0.2, 0) is 0 Å². The van der Waals surface area contributed by atoms with Gasteiger partial charge in [0.15, 0.2) is 11.5 Å². The second kappa shape index (κ2) is 5.56. The Labute approximate surface area is 125 Å². The molecule has 4 heteroatoms. The molecule has 2 aromatic rings. The summed E-state index contributed by atoms with van der Waals surface area (Å²) in [7, 11) is 0. The summed E-state index contributed by atoms with van der Waals surface area (Å²) in [5, 5.41) is 0. The van der Waals surface area contributed by atoms with Crippen molar-refractivity contribution in [3.8, 4) is 11.5 Å². The van der Waals surface area contributed by atoms with Gasteiger partial charge in [0, 0.05) is 24.4 Å². The van der Waals surface area contributed by atoms with Crippen molar-refractivity contribution in [3.63, 3.8) is 0 Å². The van der Waals surface area contributed by atoms with Gasteiger partial charge in [0.25, 0.3) is 0 Å². The van der Waals surface area contributed by atoms with Crippen LogP contribution in [-0.4, -0.2) is 19.8 Å². The zero-order valence-electron chi connectivity index (χ0n) is 12.4. The van der Waals surface area contributed by atoms with Crippen LogP contribution in [0.4, 0.5) is 17.1 Å². The summed E-state index contributed by atoms with van der Waals surface area (Å²) in [5.74, 6) is 1.49. The minimum atomic E-state index is 0.571. The van der Waals surface area contributed by atoms with Crippen LogP contribution in [0.25, 0.3) is 0 Å². The molecule has 2 N–H and O–H groups in total. The van der Waals surface area contributed by atoms with E-state index in [2.05, 4.69) is 43.0 Å². The van der Waals surface area contributed by atoms with Crippen molar-refractivity contribution in [2.24, 2.45) is 0 Å². The number of hydrogen-bond acceptors (Lipinski definition) is 4. The van der Waals surface area contributed by atoms with Gasteiger partial charge in [-0.05, 0) is 31.5 Å². The van der Waals surface area contributed by atoms with Gasteiger partial charge in [0.05, 0.1) is 11.4 Å². The number of benzene rings is 2. The largest absolute Gasteiger partial charge is 0.486 e. The molecule has 1 aliphatic rings. The zero-order valence-corrected chi connectivity index (χ0v) is 12.4. The summed E-state index contributed by atoms with van der Waals surface area (Å²) in [5.41, 5.74) is 10.2. The zero-order chi connectivity index (χ0) is 14.8. The van der Waals surface area contributed by atoms with Crippen LogP contribution in [0.15, 0.2) is 36.4 Å². The first-order chi connectivity index (χ1) is 10.2. The lowest BCUT2D eigenvalue weighted by Gasteiger charge is -2.27. The van der Waals surface area contributed by atoms with E-state index in [1.54, 1.807) is 0 Å². The molecule has 0 aromatic heterocycles. The third kappa shape index (κ3) is 2.61. The van der Waals surface area contributed by atoms with Crippen LogP contribution in [0.3, 0.4) is 0 Å². The van der Waals surface area contributed by atoms with Gasteiger partial charge < -0.3 is 20.1 Å². The van der Waals surface area contributed by atoms with Crippen LogP contribution in [0, 0.1) is 6.92 Å². The molecule has 0 aliphatic carbocycles. The summed E-state index contributed by atoms with van der Waals surface area (Å²) in [6.07, 6.45) is 0. The van der Waals surface area contributed by atoms with E-state index in [9.17, 15) is 0 Å². The molecule has 0 atom stereocenters. The molecular formula is C17H20N2O2. The molecule has 2 aromatic carbocycles. The van der Waals surface area contributed by atoms with E-state index < -0.39 is 0 Å². The number of nitrogens with two attached hydrogens (primary N) is 1. The number of nitrogens with zero attached hydrogens (tertiary/aromatic N) is 1. The van der Waals surface area contributed by atoms with E-state index in [1.807, 2.05) is 12.1 Å². The molecule has 0 saturated heterocycles. The Bertz CT molecular complexity index is 655. The Morgan fingerprint density at radius 1 is 1.10 bits per heavy atom. The number of nitrogen functional groups attached to an aromatic ring is 1. The fraction of sp³-hybridized carbons (Fsp3) is 0.294. The van der Waals surface area contributed by atoms with Gasteiger partial charge in [-0.2, -0.15) is 0 Å². The normalized spacial score (nSPS) is 13.0. The van der Waals surface area contributed by atoms with Gasteiger partial charge in [-0.3, -0.25) is 0 Å². The fourth-order valence-corrected chi connectivity index (χ4v) is 2.62. The maximum absolute atomic E-state index is 6.22. The topological polar surface area (TPSA) is 47.7 Å². The van der Waals surface area contributed by atoms with Crippen LogP contribution < -0.4 is 20.1 Å². The molecule has 3 rings (SSSR count). The molecule has 0 saturated carbocycles. The quantitative estimate of drug-likeness (QED) is 0.876.